The number of benzene rings is 1. The second kappa shape index (κ2) is 22.3. The number of primary amides is 1. The van der Waals surface area contributed by atoms with Crippen molar-refractivity contribution in [1.82, 2.24) is 31.5 Å². The lowest BCUT2D eigenvalue weighted by Crippen LogP contribution is -2.63. The van der Waals surface area contributed by atoms with E-state index in [1.165, 1.54) is 40.5 Å². The van der Waals surface area contributed by atoms with Gasteiger partial charge in [0.25, 0.3) is 0 Å². The van der Waals surface area contributed by atoms with Crippen molar-refractivity contribution < 1.29 is 53.3 Å². The van der Waals surface area contributed by atoms with Crippen LogP contribution in [-0.2, 0) is 44.8 Å². The quantitative estimate of drug-likeness (QED) is 0.149. The molecule has 0 unspecified atom stereocenters. The molecule has 8 atom stereocenters. The van der Waals surface area contributed by atoms with Crippen molar-refractivity contribution in [3.05, 3.63) is 29.8 Å². The van der Waals surface area contributed by atoms with Crippen LogP contribution in [0.15, 0.2) is 24.3 Å². The van der Waals surface area contributed by atoms with E-state index < -0.39 is 107 Å². The number of hydrogen-bond donors (Lipinski definition) is 8. The van der Waals surface area contributed by atoms with E-state index in [2.05, 4.69) is 26.6 Å². The first-order valence-corrected chi connectivity index (χ1v) is 22.7. The summed E-state index contributed by atoms with van der Waals surface area (Å²) in [7, 11) is 4.13. The third-order valence-electron chi connectivity index (χ3n) is 11.3. The first-order valence-electron chi connectivity index (χ1n) is 20.4. The van der Waals surface area contributed by atoms with Gasteiger partial charge in [0, 0.05) is 29.9 Å². The number of aliphatic hydroxyl groups is 1. The van der Waals surface area contributed by atoms with Gasteiger partial charge in [-0.25, -0.2) is 4.79 Å². The third kappa shape index (κ3) is 13.2. The number of carboxylic acids is 1. The number of ether oxygens (including phenoxy) is 1. The smallest absolute Gasteiger partial charge is 0.326 e. The van der Waals surface area contributed by atoms with Gasteiger partial charge >= 0.3 is 5.97 Å². The average molecular weight is 878 g/mol. The molecule has 1 saturated carbocycles. The zero-order valence-electron chi connectivity index (χ0n) is 34.5. The molecule has 1 spiro atoms. The Morgan fingerprint density at radius 1 is 0.883 bits per heavy atom. The summed E-state index contributed by atoms with van der Waals surface area (Å²) in [6.07, 6.45) is 2.70. The zero-order chi connectivity index (χ0) is 44.1. The van der Waals surface area contributed by atoms with Gasteiger partial charge in [0.15, 0.2) is 0 Å². The Labute approximate surface area is 357 Å². The molecule has 60 heavy (non-hydrogen) atoms. The van der Waals surface area contributed by atoms with Crippen LogP contribution in [0.4, 0.5) is 0 Å². The third-order valence-corrected chi connectivity index (χ3v) is 14.6. The molecule has 1 aromatic carbocycles. The Hall–Kier alpha value is -4.56. The van der Waals surface area contributed by atoms with E-state index in [1.54, 1.807) is 38.1 Å². The van der Waals surface area contributed by atoms with E-state index in [0.29, 0.717) is 37.0 Å². The maximum Gasteiger partial charge on any atom is 0.326 e. The van der Waals surface area contributed by atoms with Crippen molar-refractivity contribution in [1.29, 1.82) is 0 Å². The van der Waals surface area contributed by atoms with Gasteiger partial charge in [0.2, 0.25) is 41.4 Å². The first-order chi connectivity index (χ1) is 28.5. The fourth-order valence-electron chi connectivity index (χ4n) is 7.67. The molecule has 3 aliphatic rings. The number of aliphatic hydroxyl groups excluding tert-OH is 1. The number of nitrogens with two attached hydrogens (primary N) is 1. The zero-order valence-corrected chi connectivity index (χ0v) is 36.2. The normalized spacial score (nSPS) is 27.3. The molecule has 4 rings (SSSR count). The Bertz CT molecular complexity index is 1730. The van der Waals surface area contributed by atoms with Crippen LogP contribution in [0.5, 0.6) is 5.75 Å². The van der Waals surface area contributed by atoms with Crippen LogP contribution >= 0.6 is 21.6 Å². The summed E-state index contributed by atoms with van der Waals surface area (Å²) in [5.41, 5.74) is 6.18. The summed E-state index contributed by atoms with van der Waals surface area (Å²) >= 11 is 0. The molecule has 2 saturated heterocycles. The van der Waals surface area contributed by atoms with E-state index >= 15 is 0 Å². The topological polar surface area (TPSA) is 276 Å². The van der Waals surface area contributed by atoms with Crippen LogP contribution in [0.2, 0.25) is 0 Å². The van der Waals surface area contributed by atoms with Crippen LogP contribution in [0, 0.1) is 5.92 Å². The predicted octanol–water partition coefficient (Wildman–Crippen LogP) is 0.528. The summed E-state index contributed by atoms with van der Waals surface area (Å²) in [5, 5.41) is 33.8. The highest BCUT2D eigenvalue weighted by molar-refractivity contribution is 8.77. The Morgan fingerprint density at radius 3 is 2.12 bits per heavy atom. The highest BCUT2D eigenvalue weighted by Gasteiger charge is 2.42. The van der Waals surface area contributed by atoms with E-state index in [4.69, 9.17) is 10.5 Å². The van der Waals surface area contributed by atoms with E-state index in [-0.39, 0.29) is 31.6 Å². The molecule has 2 heterocycles. The molecule has 0 bridgehead atoms. The van der Waals surface area contributed by atoms with Crippen molar-refractivity contribution in [2.75, 3.05) is 19.4 Å². The van der Waals surface area contributed by atoms with Crippen molar-refractivity contribution in [3.8, 4) is 5.75 Å². The maximum absolute atomic E-state index is 14.2. The molecular formula is C40H59N7O11S2. The number of nitrogens with one attached hydrogen (secondary N) is 5. The molecule has 3 fully saturated rings. The second-order valence-corrected chi connectivity index (χ2v) is 18.7. The standard InChI is InChI=1S/C40H59N7O11S2/c1-5-22(2)32-36(53)46-33(23(3)48)37(54)43-27(19-30(41)49)34(51)44-28(38(55)47-17-9-10-29(47)39(56)57)21-59-60-40(15-7-6-8-16-40)20-31(50)42-26(35(52)45-32)18-24-11-13-25(58-4)14-12-24/h11-14,22-23,26-29,32-33,48H,5-10,15-21H2,1-4H3,(H2,41,49)(H,42,50)(H,43,54)(H,44,51)(H,45,52)(H,46,53)(H,56,57)/t22-,23+,26-,27-,28-,29-,32-,33-/m0/s1. The Morgan fingerprint density at radius 2 is 1.52 bits per heavy atom. The van der Waals surface area contributed by atoms with Crippen LogP contribution < -0.4 is 37.1 Å². The highest BCUT2D eigenvalue weighted by atomic mass is 33.1. The number of aliphatic carboxylic acids is 1. The summed E-state index contributed by atoms with van der Waals surface area (Å²) in [5.74, 6) is -6.81. The van der Waals surface area contributed by atoms with Crippen LogP contribution in [0.3, 0.4) is 0 Å². The van der Waals surface area contributed by atoms with Crippen LogP contribution in [0.1, 0.15) is 90.5 Å². The van der Waals surface area contributed by atoms with Crippen LogP contribution in [-0.4, -0.2) is 129 Å². The summed E-state index contributed by atoms with van der Waals surface area (Å²) < 4.78 is 4.64. The molecule has 1 aromatic rings. The molecule has 7 amide bonds. The number of likely N-dealkylation sites (tertiary alicyclic amines) is 1. The van der Waals surface area contributed by atoms with Gasteiger partial charge in [0.05, 0.1) is 19.6 Å². The predicted molar refractivity (Wildman–Crippen MR) is 224 cm³/mol. The van der Waals surface area contributed by atoms with E-state index in [0.717, 1.165) is 19.3 Å². The van der Waals surface area contributed by atoms with Gasteiger partial charge in [-0.2, -0.15) is 0 Å². The molecule has 2 aliphatic heterocycles. The Kier molecular flexibility index (Phi) is 17.9. The number of methoxy groups -OCH3 is 1. The van der Waals surface area contributed by atoms with E-state index in [1.807, 2.05) is 0 Å². The maximum atomic E-state index is 14.2. The van der Waals surface area contributed by atoms with Gasteiger partial charge in [-0.3, -0.25) is 33.6 Å². The molecule has 1 aliphatic carbocycles. The minimum absolute atomic E-state index is 0.00725. The van der Waals surface area contributed by atoms with Crippen molar-refractivity contribution in [2.24, 2.45) is 11.7 Å². The number of nitrogens with zero attached hydrogens (tertiary/aromatic N) is 1. The van der Waals surface area contributed by atoms with Crippen molar-refractivity contribution in [2.45, 2.75) is 139 Å². The lowest BCUT2D eigenvalue weighted by atomic mass is 9.85. The average Bonchev–Trinajstić information content (AvgIpc) is 3.71. The minimum Gasteiger partial charge on any atom is -0.497 e. The number of carbonyl (C=O) groups is 8. The molecular weight excluding hydrogens is 819 g/mol. The van der Waals surface area contributed by atoms with Gasteiger partial charge in [-0.15, -0.1) is 0 Å². The van der Waals surface area contributed by atoms with Gasteiger partial charge in [0.1, 0.15) is 42.0 Å². The van der Waals surface area contributed by atoms with Gasteiger partial charge < -0.3 is 52.2 Å². The van der Waals surface area contributed by atoms with Crippen LogP contribution in [0.25, 0.3) is 0 Å². The Balaban J connectivity index is 1.76. The SMILES string of the molecule is CC[C@H](C)[C@@H]1NC(=O)[C@H](Cc2ccc(OC)cc2)NC(=O)CC2(CCCCC2)SSC[C@@H](C(=O)N2CCC[C@H]2C(=O)O)NC(=O)[C@H](CC(N)=O)NC(=O)[C@H]([C@@H](C)O)NC1=O. The summed E-state index contributed by atoms with van der Waals surface area (Å²) in [6.45, 7) is 4.86. The van der Waals surface area contributed by atoms with Crippen molar-refractivity contribution in [3.63, 3.8) is 0 Å². The van der Waals surface area contributed by atoms with E-state index in [9.17, 15) is 48.6 Å². The molecule has 18 nitrogen and oxygen atoms in total. The lowest BCUT2D eigenvalue weighted by Gasteiger charge is -2.37. The van der Waals surface area contributed by atoms with Gasteiger partial charge in [-0.05, 0) is 56.2 Å². The lowest BCUT2D eigenvalue weighted by molar-refractivity contribution is -0.149. The van der Waals surface area contributed by atoms with Crippen molar-refractivity contribution >= 4 is 68.9 Å². The summed E-state index contributed by atoms with van der Waals surface area (Å²) in [4.78, 5) is 110. The molecule has 20 heteroatoms. The monoisotopic (exact) mass is 877 g/mol. The largest absolute Gasteiger partial charge is 0.497 e. The minimum atomic E-state index is -1.69. The number of carboxylic acid groups (broad SMARTS) is 1. The molecule has 0 aromatic heterocycles. The first kappa shape index (κ1) is 48.1. The molecule has 9 N–H and O–H groups in total. The molecule has 332 valence electrons. The number of hydrogen-bond acceptors (Lipinski definition) is 12. The highest BCUT2D eigenvalue weighted by Crippen LogP contribution is 2.48. The molecule has 0 radical (unpaired) electrons. The fraction of sp³-hybridized carbons (Fsp3) is 0.650. The van der Waals surface area contributed by atoms with Gasteiger partial charge in [-0.1, -0.05) is 73.3 Å². The number of rotatable bonds is 10. The summed E-state index contributed by atoms with van der Waals surface area (Å²) in [6, 6.07) is -1.23. The number of amides is 7. The second-order valence-electron chi connectivity index (χ2n) is 15.9. The fourth-order valence-corrected chi connectivity index (χ4v) is 11.0. The number of carbonyl (C=O) groups excluding carboxylic acids is 7.